The average Bonchev–Trinajstić information content (AvgIpc) is 3.37. The van der Waals surface area contributed by atoms with Crippen LogP contribution in [0.4, 0.5) is 20.2 Å². The number of amides is 2. The third kappa shape index (κ3) is 5.45. The molecule has 2 unspecified atom stereocenters. The average molecular weight is 592 g/mol. The van der Waals surface area contributed by atoms with Crippen LogP contribution in [0.3, 0.4) is 0 Å². The Hall–Kier alpha value is -2.42. The van der Waals surface area contributed by atoms with Gasteiger partial charge in [-0.2, -0.15) is 4.39 Å². The van der Waals surface area contributed by atoms with Gasteiger partial charge in [-0.05, 0) is 48.0 Å². The normalized spacial score (nSPS) is 17.9. The molecule has 1 saturated carbocycles. The Bertz CT molecular complexity index is 1400. The zero-order chi connectivity index (χ0) is 26.4. The molecule has 1 aromatic heterocycles. The van der Waals surface area contributed by atoms with E-state index < -0.39 is 45.3 Å². The molecule has 0 aliphatic heterocycles. The molecule has 0 spiro atoms. The van der Waals surface area contributed by atoms with Crippen molar-refractivity contribution in [3.05, 3.63) is 92.9 Å². The highest BCUT2D eigenvalue weighted by Crippen LogP contribution is 2.65. The van der Waals surface area contributed by atoms with E-state index in [0.717, 1.165) is 12.3 Å². The summed E-state index contributed by atoms with van der Waals surface area (Å²) in [4.78, 5) is 29.1. The largest absolute Gasteiger partial charge is 0.326 e. The fourth-order valence-corrected chi connectivity index (χ4v) is 5.30. The number of nitrogens with one attached hydrogen (secondary N) is 2. The van der Waals surface area contributed by atoms with E-state index in [1.165, 1.54) is 18.2 Å². The summed E-state index contributed by atoms with van der Waals surface area (Å²) in [5, 5.41) is 5.94. The van der Waals surface area contributed by atoms with Crippen molar-refractivity contribution in [2.24, 2.45) is 5.92 Å². The molecule has 12 heteroatoms. The number of hydrogen-bond donors (Lipinski definition) is 2. The van der Waals surface area contributed by atoms with Gasteiger partial charge >= 0.3 is 0 Å². The van der Waals surface area contributed by atoms with Crippen LogP contribution in [-0.2, 0) is 4.79 Å². The molecule has 1 fully saturated rings. The number of carbonyl (C=O) groups is 2. The van der Waals surface area contributed by atoms with Crippen molar-refractivity contribution < 1.29 is 18.4 Å². The first-order chi connectivity index (χ1) is 16.9. The van der Waals surface area contributed by atoms with E-state index in [0.29, 0.717) is 15.6 Å². The topological polar surface area (TPSA) is 71.1 Å². The summed E-state index contributed by atoms with van der Waals surface area (Å²) in [6.07, 6.45) is 1.01. The molecule has 1 aliphatic rings. The van der Waals surface area contributed by atoms with Crippen molar-refractivity contribution in [3.8, 4) is 0 Å². The molecule has 36 heavy (non-hydrogen) atoms. The Morgan fingerprint density at radius 1 is 0.944 bits per heavy atom. The van der Waals surface area contributed by atoms with E-state index in [1.54, 1.807) is 18.2 Å². The van der Waals surface area contributed by atoms with Gasteiger partial charge in [0.2, 0.25) is 11.9 Å². The number of aromatic nitrogens is 1. The minimum Gasteiger partial charge on any atom is -0.326 e. The summed E-state index contributed by atoms with van der Waals surface area (Å²) >= 11 is 31.0. The number of hydrogen-bond acceptors (Lipinski definition) is 3. The number of benzene rings is 2. The first-order valence-corrected chi connectivity index (χ1v) is 12.0. The highest BCUT2D eigenvalue weighted by atomic mass is 35.5. The van der Waals surface area contributed by atoms with Gasteiger partial charge in [0, 0.05) is 21.7 Å². The van der Waals surface area contributed by atoms with Crippen molar-refractivity contribution in [3.63, 3.8) is 0 Å². The number of nitrogens with zero attached hydrogens (tertiary/aromatic N) is 1. The maximum absolute atomic E-state index is 13.6. The van der Waals surface area contributed by atoms with Crippen LogP contribution < -0.4 is 10.6 Å². The van der Waals surface area contributed by atoms with Crippen LogP contribution in [0.5, 0.6) is 0 Å². The van der Waals surface area contributed by atoms with Crippen molar-refractivity contribution in [1.82, 2.24) is 4.98 Å². The molecule has 0 radical (unpaired) electrons. The molecule has 4 rings (SSSR count). The molecule has 3 aromatic rings. The molecule has 186 valence electrons. The second-order valence-electron chi connectivity index (χ2n) is 7.94. The summed E-state index contributed by atoms with van der Waals surface area (Å²) in [7, 11) is 0. The van der Waals surface area contributed by atoms with Gasteiger partial charge in [-0.25, -0.2) is 9.37 Å². The molecule has 0 bridgehead atoms. The number of alkyl halides is 2. The van der Waals surface area contributed by atoms with Crippen LogP contribution in [-0.4, -0.2) is 21.1 Å². The Kier molecular flexibility index (Phi) is 7.51. The number of anilines is 2. The molecule has 0 saturated heterocycles. The minimum absolute atomic E-state index is 0.00998. The molecule has 1 aliphatic carbocycles. The van der Waals surface area contributed by atoms with Crippen LogP contribution >= 0.6 is 58.0 Å². The summed E-state index contributed by atoms with van der Waals surface area (Å²) < 4.78 is 25.6. The van der Waals surface area contributed by atoms with Crippen LogP contribution in [0, 0.1) is 11.9 Å². The van der Waals surface area contributed by atoms with Crippen molar-refractivity contribution in [2.75, 3.05) is 10.6 Å². The Labute approximate surface area is 229 Å². The van der Waals surface area contributed by atoms with Gasteiger partial charge in [0.25, 0.3) is 5.91 Å². The smallest absolute Gasteiger partial charge is 0.257 e. The predicted molar refractivity (Wildman–Crippen MR) is 140 cm³/mol. The Morgan fingerprint density at radius 3 is 2.22 bits per heavy atom. The first kappa shape index (κ1) is 26.6. The van der Waals surface area contributed by atoms with E-state index in [1.807, 2.05) is 0 Å². The molecular formula is C24H14Cl5F2N3O2. The quantitative estimate of drug-likeness (QED) is 0.226. The Morgan fingerprint density at radius 2 is 1.58 bits per heavy atom. The van der Waals surface area contributed by atoms with Gasteiger partial charge in [0.05, 0.1) is 34.0 Å². The maximum Gasteiger partial charge on any atom is 0.257 e. The van der Waals surface area contributed by atoms with Crippen LogP contribution in [0.25, 0.3) is 5.83 Å². The lowest BCUT2D eigenvalue weighted by Gasteiger charge is -2.11. The van der Waals surface area contributed by atoms with E-state index in [4.69, 9.17) is 58.0 Å². The zero-order valence-corrected chi connectivity index (χ0v) is 21.7. The predicted octanol–water partition coefficient (Wildman–Crippen LogP) is 7.90. The molecule has 1 heterocycles. The summed E-state index contributed by atoms with van der Waals surface area (Å²) in [6, 6.07) is 10.1. The van der Waals surface area contributed by atoms with Crippen LogP contribution in [0.2, 0.25) is 15.1 Å². The SMILES string of the molecule is C=C(F)c1cc(NC(=O)c2cc(NC(=O)C3C(c4cc(Cl)cc(Cl)c4)C3(Cl)Cl)ccc2Cl)cnc1F. The lowest BCUT2D eigenvalue weighted by molar-refractivity contribution is -0.117. The number of halogens is 7. The van der Waals surface area contributed by atoms with Gasteiger partial charge in [-0.1, -0.05) is 41.4 Å². The third-order valence-electron chi connectivity index (χ3n) is 5.45. The summed E-state index contributed by atoms with van der Waals surface area (Å²) in [5.74, 6) is -4.70. The zero-order valence-electron chi connectivity index (χ0n) is 17.9. The number of carbonyl (C=O) groups excluding carboxylic acids is 2. The van der Waals surface area contributed by atoms with Crippen molar-refractivity contribution >= 4 is 87.0 Å². The second kappa shape index (κ2) is 10.1. The van der Waals surface area contributed by atoms with E-state index >= 15 is 0 Å². The third-order valence-corrected chi connectivity index (χ3v) is 7.15. The van der Waals surface area contributed by atoms with Gasteiger partial charge in [0.1, 0.15) is 10.2 Å². The summed E-state index contributed by atoms with van der Waals surface area (Å²) in [5.41, 5.74) is 0.346. The molecular weight excluding hydrogens is 578 g/mol. The van der Waals surface area contributed by atoms with E-state index in [-0.39, 0.29) is 22.0 Å². The number of pyridine rings is 1. The fraction of sp³-hybridized carbons (Fsp3) is 0.125. The maximum atomic E-state index is 13.6. The monoisotopic (exact) mass is 589 g/mol. The molecule has 2 amide bonds. The minimum atomic E-state index is -1.39. The fourth-order valence-electron chi connectivity index (χ4n) is 3.72. The molecule has 2 aromatic carbocycles. The standard InChI is InChI=1S/C24H14Cl5F2N3O2/c1-10(30)16-8-15(9-32-21(16)31)34-22(35)17-7-14(2-3-18(17)27)33-23(36)20-19(24(20,28)29)11-4-12(25)6-13(26)5-11/h2-9,19-20H,1H2,(H,33,36)(H,34,35). The lowest BCUT2D eigenvalue weighted by atomic mass is 10.1. The first-order valence-electron chi connectivity index (χ1n) is 10.1. The highest BCUT2D eigenvalue weighted by molar-refractivity contribution is 6.53. The number of rotatable bonds is 6. The molecule has 5 nitrogen and oxygen atoms in total. The van der Waals surface area contributed by atoms with Gasteiger partial charge < -0.3 is 10.6 Å². The Balaban J connectivity index is 1.51. The highest BCUT2D eigenvalue weighted by Gasteiger charge is 2.67. The molecule has 2 N–H and O–H groups in total. The van der Waals surface area contributed by atoms with Crippen LogP contribution in [0.15, 0.2) is 55.2 Å². The van der Waals surface area contributed by atoms with E-state index in [9.17, 15) is 18.4 Å². The lowest BCUT2D eigenvalue weighted by Crippen LogP contribution is -2.18. The second-order valence-corrected chi connectivity index (χ2v) is 10.7. The van der Waals surface area contributed by atoms with Gasteiger partial charge in [-0.3, -0.25) is 9.59 Å². The van der Waals surface area contributed by atoms with Crippen molar-refractivity contribution in [1.29, 1.82) is 0 Å². The van der Waals surface area contributed by atoms with Gasteiger partial charge in [0.15, 0.2) is 0 Å². The summed E-state index contributed by atoms with van der Waals surface area (Å²) in [6.45, 7) is 3.03. The van der Waals surface area contributed by atoms with Crippen LogP contribution in [0.1, 0.15) is 27.4 Å². The molecule has 2 atom stereocenters. The van der Waals surface area contributed by atoms with E-state index in [2.05, 4.69) is 22.2 Å². The van der Waals surface area contributed by atoms with Gasteiger partial charge in [-0.15, -0.1) is 23.2 Å². The van der Waals surface area contributed by atoms with Crippen molar-refractivity contribution in [2.45, 2.75) is 10.3 Å².